The number of H-pyrrole nitrogens is 1. The first kappa shape index (κ1) is 25.4. The van der Waals surface area contributed by atoms with Crippen LogP contribution in [0.25, 0.3) is 28.5 Å². The lowest BCUT2D eigenvalue weighted by Gasteiger charge is -2.10. The molecule has 0 radical (unpaired) electrons. The molecule has 1 heterocycles. The molecule has 9 nitrogen and oxygen atoms in total. The van der Waals surface area contributed by atoms with Gasteiger partial charge >= 0.3 is 0 Å². The molecule has 0 bridgehead atoms. The Morgan fingerprint density at radius 3 is 2.50 bits per heavy atom. The zero-order chi connectivity index (χ0) is 26.0. The molecule has 12 heteroatoms. The van der Waals surface area contributed by atoms with Crippen LogP contribution in [0.1, 0.15) is 15.9 Å². The van der Waals surface area contributed by atoms with Gasteiger partial charge in [0, 0.05) is 23.6 Å². The maximum absolute atomic E-state index is 12.8. The Morgan fingerprint density at radius 2 is 1.81 bits per heavy atom. The number of fused-ring (bicyclic) bond motifs is 1. The van der Waals surface area contributed by atoms with Crippen molar-refractivity contribution in [3.05, 3.63) is 81.8 Å². The van der Waals surface area contributed by atoms with E-state index in [1.165, 1.54) is 35.8 Å². The molecule has 0 aliphatic heterocycles. The van der Waals surface area contributed by atoms with Gasteiger partial charge in [0.05, 0.1) is 31.5 Å². The van der Waals surface area contributed by atoms with E-state index < -0.39 is 21.7 Å². The Morgan fingerprint density at radius 1 is 1.03 bits per heavy atom. The van der Waals surface area contributed by atoms with Crippen LogP contribution >= 0.6 is 23.2 Å². The topological polar surface area (TPSA) is 141 Å². The summed E-state index contributed by atoms with van der Waals surface area (Å²) in [5.41, 5.74) is 4.61. The summed E-state index contributed by atoms with van der Waals surface area (Å²) in [4.78, 5) is 31.7. The van der Waals surface area contributed by atoms with E-state index in [1.807, 2.05) is 0 Å². The molecule has 3 aromatic carbocycles. The van der Waals surface area contributed by atoms with Gasteiger partial charge < -0.3 is 10.3 Å². The van der Waals surface area contributed by atoms with Crippen LogP contribution < -0.4 is 10.8 Å². The smallest absolute Gasteiger partial charge is 0.267 e. The number of anilines is 1. The monoisotopic (exact) mass is 544 g/mol. The fourth-order valence-electron chi connectivity index (χ4n) is 3.36. The van der Waals surface area contributed by atoms with Gasteiger partial charge in [-0.2, -0.15) is 0 Å². The van der Waals surface area contributed by atoms with Gasteiger partial charge in [-0.05, 0) is 60.2 Å². The Bertz CT molecular complexity index is 1650. The first-order valence-electron chi connectivity index (χ1n) is 10.3. The van der Waals surface area contributed by atoms with Crippen molar-refractivity contribution in [2.24, 2.45) is 0 Å². The minimum atomic E-state index is -3.46. The van der Waals surface area contributed by atoms with Crippen molar-refractivity contribution in [1.29, 1.82) is 0 Å². The average Bonchev–Trinajstić information content (AvgIpc) is 3.26. The van der Waals surface area contributed by atoms with Gasteiger partial charge in [0.2, 0.25) is 0 Å². The van der Waals surface area contributed by atoms with Gasteiger partial charge in [-0.25, -0.2) is 18.9 Å². The summed E-state index contributed by atoms with van der Waals surface area (Å²) in [7, 11) is -3.46. The van der Waals surface area contributed by atoms with Gasteiger partial charge in [0.1, 0.15) is 5.82 Å². The Hall–Kier alpha value is -3.70. The number of halogens is 2. The molecule has 0 aliphatic carbocycles. The number of rotatable bonds is 6. The number of hydrogen-bond donors (Lipinski definition) is 4. The Labute approximate surface area is 215 Å². The van der Waals surface area contributed by atoms with Crippen LogP contribution in [0.2, 0.25) is 10.0 Å². The summed E-state index contributed by atoms with van der Waals surface area (Å²) < 4.78 is 23.4. The van der Waals surface area contributed by atoms with Crippen molar-refractivity contribution in [1.82, 2.24) is 15.4 Å². The van der Waals surface area contributed by atoms with Crippen molar-refractivity contribution < 1.29 is 23.2 Å². The molecule has 0 spiro atoms. The Balaban J connectivity index is 1.61. The lowest BCUT2D eigenvalue weighted by atomic mass is 10.1. The number of aromatic nitrogens is 2. The molecule has 0 fully saturated rings. The molecule has 0 aliphatic rings. The summed E-state index contributed by atoms with van der Waals surface area (Å²) in [6.45, 7) is 0. The highest BCUT2D eigenvalue weighted by Gasteiger charge is 2.16. The second-order valence-corrected chi connectivity index (χ2v) is 10.6. The first-order valence-corrected chi connectivity index (χ1v) is 12.9. The van der Waals surface area contributed by atoms with Gasteiger partial charge in [-0.3, -0.25) is 14.8 Å². The van der Waals surface area contributed by atoms with Crippen LogP contribution in [0.3, 0.4) is 0 Å². The molecule has 4 aromatic rings. The summed E-state index contributed by atoms with van der Waals surface area (Å²) in [6.07, 6.45) is 3.77. The lowest BCUT2D eigenvalue weighted by molar-refractivity contribution is -0.124. The maximum atomic E-state index is 12.8. The third-order valence-electron chi connectivity index (χ3n) is 5.14. The summed E-state index contributed by atoms with van der Waals surface area (Å²) in [5, 5.41) is 11.7. The van der Waals surface area contributed by atoms with Crippen molar-refractivity contribution in [3.8, 4) is 11.4 Å². The largest absolute Gasteiger partial charge is 0.338 e. The van der Waals surface area contributed by atoms with Crippen LogP contribution in [0, 0.1) is 0 Å². The lowest BCUT2D eigenvalue weighted by Crippen LogP contribution is -2.14. The minimum Gasteiger partial charge on any atom is -0.338 e. The van der Waals surface area contributed by atoms with Crippen LogP contribution in [0.5, 0.6) is 0 Å². The first-order chi connectivity index (χ1) is 17.0. The number of hydroxylamine groups is 1. The van der Waals surface area contributed by atoms with E-state index >= 15 is 0 Å². The fraction of sp³-hybridized carbons (Fsp3) is 0.0417. The van der Waals surface area contributed by atoms with E-state index in [9.17, 15) is 18.0 Å². The average molecular weight is 545 g/mol. The normalized spacial score (nSPS) is 11.7. The predicted molar refractivity (Wildman–Crippen MR) is 138 cm³/mol. The number of aromatic amines is 1. The molecular formula is C24H18Cl2N4O5S. The molecule has 4 rings (SSSR count). The number of carbonyl (C=O) groups excluding carboxylic acids is 2. The van der Waals surface area contributed by atoms with Crippen LogP contribution in [0.15, 0.2) is 65.6 Å². The van der Waals surface area contributed by atoms with Crippen LogP contribution in [-0.4, -0.2) is 41.7 Å². The van der Waals surface area contributed by atoms with E-state index in [0.29, 0.717) is 38.7 Å². The fourth-order valence-corrected chi connectivity index (χ4v) is 4.55. The number of nitrogens with one attached hydrogen (secondary N) is 3. The highest BCUT2D eigenvalue weighted by molar-refractivity contribution is 7.90. The number of benzene rings is 3. The Kier molecular flexibility index (Phi) is 7.14. The van der Waals surface area contributed by atoms with Gasteiger partial charge in [0.25, 0.3) is 11.8 Å². The number of imidazole rings is 1. The van der Waals surface area contributed by atoms with Crippen molar-refractivity contribution in [2.45, 2.75) is 4.90 Å². The summed E-state index contributed by atoms with van der Waals surface area (Å²) in [5.74, 6) is -0.726. The predicted octanol–water partition coefficient (Wildman–Crippen LogP) is 4.71. The summed E-state index contributed by atoms with van der Waals surface area (Å²) >= 11 is 12.6. The number of hydrogen-bond acceptors (Lipinski definition) is 6. The SMILES string of the molecule is CS(=O)(=O)c1ccc(C(=O)Nc2ccc(Cl)c(-c3nc4ccc(/C=C/C(=O)NO)cc4[nH]3)c2)c(Cl)c1. The van der Waals surface area contributed by atoms with E-state index in [1.54, 1.807) is 36.4 Å². The molecule has 36 heavy (non-hydrogen) atoms. The van der Waals surface area contributed by atoms with Gasteiger partial charge in [0.15, 0.2) is 9.84 Å². The molecule has 0 saturated heterocycles. The number of nitrogens with zero attached hydrogens (tertiary/aromatic N) is 1. The standard InChI is InChI=1S/C24H18Cl2N4O5S/c1-36(34,35)15-5-6-16(19(26)12-15)24(32)27-14-4-7-18(25)17(11-14)23-28-20-8-2-13(10-21(20)29-23)3-9-22(31)30-33/h2-12,33H,1H3,(H,27,32)(H,28,29)(H,30,31)/b9-3+. The second-order valence-electron chi connectivity index (χ2n) is 7.73. The van der Waals surface area contributed by atoms with Crippen molar-refractivity contribution in [3.63, 3.8) is 0 Å². The van der Waals surface area contributed by atoms with Crippen LogP contribution in [0.4, 0.5) is 5.69 Å². The highest BCUT2D eigenvalue weighted by Crippen LogP contribution is 2.31. The maximum Gasteiger partial charge on any atom is 0.267 e. The minimum absolute atomic E-state index is 0.00298. The molecule has 1 aromatic heterocycles. The summed E-state index contributed by atoms with van der Waals surface area (Å²) in [6, 6.07) is 14.0. The van der Waals surface area contributed by atoms with E-state index in [4.69, 9.17) is 28.4 Å². The molecule has 184 valence electrons. The zero-order valence-electron chi connectivity index (χ0n) is 18.5. The molecule has 4 N–H and O–H groups in total. The molecule has 0 atom stereocenters. The zero-order valence-corrected chi connectivity index (χ0v) is 20.9. The van der Waals surface area contributed by atoms with Crippen molar-refractivity contribution in [2.75, 3.05) is 11.6 Å². The number of carbonyl (C=O) groups is 2. The molecule has 0 unspecified atom stereocenters. The van der Waals surface area contributed by atoms with Gasteiger partial charge in [-0.15, -0.1) is 0 Å². The molecule has 0 saturated carbocycles. The van der Waals surface area contributed by atoms with Crippen molar-refractivity contribution >= 4 is 67.7 Å². The van der Waals surface area contributed by atoms with Crippen LogP contribution in [-0.2, 0) is 14.6 Å². The van der Waals surface area contributed by atoms with E-state index in [-0.39, 0.29) is 15.5 Å². The molecular weight excluding hydrogens is 527 g/mol. The third-order valence-corrected chi connectivity index (χ3v) is 6.89. The highest BCUT2D eigenvalue weighted by atomic mass is 35.5. The number of sulfone groups is 1. The molecule has 2 amide bonds. The second kappa shape index (κ2) is 10.1. The van der Waals surface area contributed by atoms with E-state index in [2.05, 4.69) is 15.3 Å². The van der Waals surface area contributed by atoms with Gasteiger partial charge in [-0.1, -0.05) is 29.3 Å². The third kappa shape index (κ3) is 5.58. The quantitative estimate of drug-likeness (QED) is 0.157. The number of amides is 2. The van der Waals surface area contributed by atoms with E-state index in [0.717, 1.165) is 6.26 Å².